The van der Waals surface area contributed by atoms with Crippen LogP contribution < -0.4 is 10.2 Å². The molecule has 1 aromatic carbocycles. The average Bonchev–Trinajstić information content (AvgIpc) is 2.57. The first kappa shape index (κ1) is 17.3. The number of nitrogens with one attached hydrogen (secondary N) is 2. The Balaban J connectivity index is 1.62. The number of hydrogen-bond donors (Lipinski definition) is 2. The highest BCUT2D eigenvalue weighted by Gasteiger charge is 2.42. The lowest BCUT2D eigenvalue weighted by Crippen LogP contribution is -3.20. The average molecular weight is 330 g/mol. The molecule has 2 aliphatic heterocycles. The van der Waals surface area contributed by atoms with Crippen LogP contribution in [0.2, 0.25) is 0 Å². The number of fused-ring (bicyclic) bond motifs is 2. The topological polar surface area (TPSA) is 36.8 Å². The second kappa shape index (κ2) is 8.02. The van der Waals surface area contributed by atoms with Crippen molar-refractivity contribution in [3.8, 4) is 0 Å². The predicted octanol–water partition coefficient (Wildman–Crippen LogP) is 2.21. The molecule has 2 amide bonds. The standard InChI is InChI=1S/C20H31N3O/c1-3-22(4-2)20(24)21-17-13-18-11-8-12-19(14-17)23(18)15-16-9-6-5-7-10-16/h5-7,9-10,17-19H,3-4,8,11-15H2,1-2H3,(H,21,24)/p+1/t18-,19-/m1/s1. The Morgan fingerprint density at radius 3 is 2.33 bits per heavy atom. The van der Waals surface area contributed by atoms with E-state index in [1.807, 2.05) is 18.7 Å². The molecule has 0 aliphatic carbocycles. The Bertz CT molecular complexity index is 515. The van der Waals surface area contributed by atoms with Crippen molar-refractivity contribution in [2.24, 2.45) is 0 Å². The van der Waals surface area contributed by atoms with E-state index >= 15 is 0 Å². The number of amides is 2. The summed E-state index contributed by atoms with van der Waals surface area (Å²) < 4.78 is 0. The maximum atomic E-state index is 12.4. The Labute approximate surface area is 146 Å². The molecule has 2 fully saturated rings. The zero-order valence-electron chi connectivity index (χ0n) is 15.1. The minimum Gasteiger partial charge on any atom is -0.335 e. The van der Waals surface area contributed by atoms with Gasteiger partial charge in [-0.15, -0.1) is 0 Å². The van der Waals surface area contributed by atoms with E-state index in [0.29, 0.717) is 18.1 Å². The van der Waals surface area contributed by atoms with Crippen LogP contribution in [0.25, 0.3) is 0 Å². The van der Waals surface area contributed by atoms with E-state index in [2.05, 4.69) is 35.6 Å². The molecule has 132 valence electrons. The molecule has 0 radical (unpaired) electrons. The number of rotatable bonds is 5. The van der Waals surface area contributed by atoms with E-state index in [0.717, 1.165) is 32.5 Å². The highest BCUT2D eigenvalue weighted by molar-refractivity contribution is 5.74. The fourth-order valence-electron chi connectivity index (χ4n) is 4.65. The van der Waals surface area contributed by atoms with Crippen molar-refractivity contribution >= 4 is 6.03 Å². The van der Waals surface area contributed by atoms with E-state index < -0.39 is 0 Å². The number of benzene rings is 1. The van der Waals surface area contributed by atoms with Gasteiger partial charge in [0, 0.05) is 37.5 Å². The molecule has 24 heavy (non-hydrogen) atoms. The van der Waals surface area contributed by atoms with Crippen molar-refractivity contribution in [1.29, 1.82) is 0 Å². The van der Waals surface area contributed by atoms with Crippen molar-refractivity contribution in [2.45, 2.75) is 70.6 Å². The van der Waals surface area contributed by atoms with Gasteiger partial charge >= 0.3 is 6.03 Å². The van der Waals surface area contributed by atoms with Crippen molar-refractivity contribution in [3.05, 3.63) is 35.9 Å². The summed E-state index contributed by atoms with van der Waals surface area (Å²) in [5, 5.41) is 3.31. The van der Waals surface area contributed by atoms with Gasteiger partial charge in [-0.1, -0.05) is 30.3 Å². The maximum absolute atomic E-state index is 12.4. The summed E-state index contributed by atoms with van der Waals surface area (Å²) in [7, 11) is 0. The lowest BCUT2D eigenvalue weighted by atomic mass is 9.81. The van der Waals surface area contributed by atoms with Crippen LogP contribution in [0.4, 0.5) is 4.79 Å². The molecule has 0 unspecified atom stereocenters. The third-order valence-corrected chi connectivity index (χ3v) is 5.92. The molecule has 2 bridgehead atoms. The number of hydrogen-bond acceptors (Lipinski definition) is 1. The summed E-state index contributed by atoms with van der Waals surface area (Å²) >= 11 is 0. The quantitative estimate of drug-likeness (QED) is 0.853. The lowest BCUT2D eigenvalue weighted by Gasteiger charge is -2.46. The number of piperidine rings is 2. The SMILES string of the molecule is CCN(CC)C(=O)NC1C[C@H]2CCC[C@H](C1)[NH+]2Cc1ccccc1. The summed E-state index contributed by atoms with van der Waals surface area (Å²) in [6.45, 7) is 6.79. The smallest absolute Gasteiger partial charge is 0.317 e. The van der Waals surface area contributed by atoms with E-state index in [4.69, 9.17) is 0 Å². The molecule has 0 spiro atoms. The van der Waals surface area contributed by atoms with Gasteiger partial charge in [0.05, 0.1) is 12.1 Å². The number of urea groups is 1. The molecule has 2 N–H and O–H groups in total. The van der Waals surface area contributed by atoms with E-state index in [9.17, 15) is 4.79 Å². The van der Waals surface area contributed by atoms with Crippen molar-refractivity contribution in [2.75, 3.05) is 13.1 Å². The third kappa shape index (κ3) is 3.92. The van der Waals surface area contributed by atoms with Crippen LogP contribution in [0.3, 0.4) is 0 Å². The zero-order valence-corrected chi connectivity index (χ0v) is 15.1. The number of carbonyl (C=O) groups is 1. The largest absolute Gasteiger partial charge is 0.335 e. The van der Waals surface area contributed by atoms with E-state index in [-0.39, 0.29) is 6.03 Å². The van der Waals surface area contributed by atoms with Crippen molar-refractivity contribution in [3.63, 3.8) is 0 Å². The first-order chi connectivity index (χ1) is 11.7. The molecule has 2 heterocycles. The van der Waals surface area contributed by atoms with Gasteiger partial charge in [0.2, 0.25) is 0 Å². The fraction of sp³-hybridized carbons (Fsp3) is 0.650. The maximum Gasteiger partial charge on any atom is 0.317 e. The van der Waals surface area contributed by atoms with Gasteiger partial charge in [-0.25, -0.2) is 4.79 Å². The molecule has 2 saturated heterocycles. The molecule has 4 nitrogen and oxygen atoms in total. The molecular formula is C20H32N3O+. The highest BCUT2D eigenvalue weighted by atomic mass is 16.2. The Kier molecular flexibility index (Phi) is 5.77. The van der Waals surface area contributed by atoms with E-state index in [1.165, 1.54) is 24.8 Å². The molecule has 1 aromatic rings. The molecule has 2 aliphatic rings. The Morgan fingerprint density at radius 1 is 1.12 bits per heavy atom. The second-order valence-corrected chi connectivity index (χ2v) is 7.35. The Morgan fingerprint density at radius 2 is 1.75 bits per heavy atom. The van der Waals surface area contributed by atoms with Gasteiger partial charge in [0.15, 0.2) is 0 Å². The minimum absolute atomic E-state index is 0.120. The number of quaternary nitrogens is 1. The minimum atomic E-state index is 0.120. The van der Waals surface area contributed by atoms with Crippen LogP contribution in [-0.4, -0.2) is 42.1 Å². The van der Waals surface area contributed by atoms with Gasteiger partial charge in [-0.05, 0) is 33.1 Å². The van der Waals surface area contributed by atoms with Crippen LogP contribution in [0.5, 0.6) is 0 Å². The molecule has 4 heteroatoms. The monoisotopic (exact) mass is 330 g/mol. The summed E-state index contributed by atoms with van der Waals surface area (Å²) in [6.07, 6.45) is 6.22. The van der Waals surface area contributed by atoms with Crippen molar-refractivity contribution in [1.82, 2.24) is 10.2 Å². The fourth-order valence-corrected chi connectivity index (χ4v) is 4.65. The summed E-state index contributed by atoms with van der Waals surface area (Å²) in [5.74, 6) is 0. The summed E-state index contributed by atoms with van der Waals surface area (Å²) in [5.41, 5.74) is 1.44. The van der Waals surface area contributed by atoms with Gasteiger partial charge in [0.1, 0.15) is 6.54 Å². The molecule has 3 rings (SSSR count). The first-order valence-corrected chi connectivity index (χ1v) is 9.66. The number of carbonyl (C=O) groups excluding carboxylic acids is 1. The Hall–Kier alpha value is -1.55. The normalized spacial score (nSPS) is 29.1. The van der Waals surface area contributed by atoms with Crippen molar-refractivity contribution < 1.29 is 9.69 Å². The summed E-state index contributed by atoms with van der Waals surface area (Å²) in [4.78, 5) is 16.0. The predicted molar refractivity (Wildman–Crippen MR) is 97.0 cm³/mol. The first-order valence-electron chi connectivity index (χ1n) is 9.66. The zero-order chi connectivity index (χ0) is 16.9. The van der Waals surface area contributed by atoms with Crippen LogP contribution in [-0.2, 0) is 6.54 Å². The molecular weight excluding hydrogens is 298 g/mol. The van der Waals surface area contributed by atoms with Gasteiger partial charge < -0.3 is 15.1 Å². The van der Waals surface area contributed by atoms with Gasteiger partial charge in [-0.3, -0.25) is 0 Å². The van der Waals surface area contributed by atoms with Crippen LogP contribution >= 0.6 is 0 Å². The number of nitrogens with zero attached hydrogens (tertiary/aromatic N) is 1. The van der Waals surface area contributed by atoms with Crippen LogP contribution in [0.15, 0.2) is 30.3 Å². The van der Waals surface area contributed by atoms with Gasteiger partial charge in [0.25, 0.3) is 0 Å². The summed E-state index contributed by atoms with van der Waals surface area (Å²) in [6, 6.07) is 12.7. The van der Waals surface area contributed by atoms with Crippen LogP contribution in [0, 0.1) is 0 Å². The molecule has 2 atom stereocenters. The molecule has 0 aromatic heterocycles. The molecule has 0 saturated carbocycles. The highest BCUT2D eigenvalue weighted by Crippen LogP contribution is 2.23. The lowest BCUT2D eigenvalue weighted by molar-refractivity contribution is -0.973. The van der Waals surface area contributed by atoms with Gasteiger partial charge in [-0.2, -0.15) is 0 Å². The van der Waals surface area contributed by atoms with E-state index in [1.54, 1.807) is 4.90 Å². The van der Waals surface area contributed by atoms with Crippen LogP contribution in [0.1, 0.15) is 51.5 Å². The third-order valence-electron chi connectivity index (χ3n) is 5.92. The second-order valence-electron chi connectivity index (χ2n) is 7.35.